The van der Waals surface area contributed by atoms with Gasteiger partial charge in [-0.05, 0) is 19.9 Å². The molecule has 0 saturated heterocycles. The molecule has 1 atom stereocenters. The fourth-order valence-electron chi connectivity index (χ4n) is 1.22. The molecule has 0 aliphatic heterocycles. The van der Waals surface area contributed by atoms with E-state index in [1.807, 2.05) is 13.2 Å². The molecule has 0 spiro atoms. The molecule has 1 N–H and O–H groups in total. The molecular weight excluding hydrogens is 178 g/mol. The molecule has 0 aliphatic rings. The maximum atomic E-state index is 5.64. The predicted molar refractivity (Wildman–Crippen MR) is 56.5 cm³/mol. The van der Waals surface area contributed by atoms with Gasteiger partial charge in [0.05, 0.1) is 12.4 Å². The summed E-state index contributed by atoms with van der Waals surface area (Å²) in [5, 5.41) is 7.35. The molecule has 0 aliphatic carbocycles. The number of aryl methyl sites for hydroxylation is 1. The third-order valence-corrected chi connectivity index (χ3v) is 1.88. The molecule has 4 nitrogen and oxygen atoms in total. The van der Waals surface area contributed by atoms with Crippen LogP contribution in [0.5, 0.6) is 5.75 Å². The quantitative estimate of drug-likeness (QED) is 0.696. The molecular formula is C10H19N3O. The molecule has 4 heteroatoms. The highest BCUT2D eigenvalue weighted by Gasteiger charge is 2.04. The zero-order valence-electron chi connectivity index (χ0n) is 9.16. The van der Waals surface area contributed by atoms with Crippen molar-refractivity contribution >= 4 is 0 Å². The molecule has 0 fully saturated rings. The summed E-state index contributed by atoms with van der Waals surface area (Å²) >= 11 is 0. The average molecular weight is 197 g/mol. The molecule has 1 rings (SSSR count). The normalized spacial score (nSPS) is 12.8. The van der Waals surface area contributed by atoms with Crippen LogP contribution in [-0.4, -0.2) is 29.0 Å². The van der Waals surface area contributed by atoms with E-state index < -0.39 is 0 Å². The lowest BCUT2D eigenvalue weighted by atomic mass is 10.4. The van der Waals surface area contributed by atoms with Crippen LogP contribution in [0.3, 0.4) is 0 Å². The van der Waals surface area contributed by atoms with Gasteiger partial charge in [0, 0.05) is 13.6 Å². The second-order valence-electron chi connectivity index (χ2n) is 3.48. The monoisotopic (exact) mass is 197 g/mol. The first-order valence-corrected chi connectivity index (χ1v) is 5.08. The van der Waals surface area contributed by atoms with Crippen molar-refractivity contribution in [3.63, 3.8) is 0 Å². The van der Waals surface area contributed by atoms with Gasteiger partial charge in [0.25, 0.3) is 0 Å². The summed E-state index contributed by atoms with van der Waals surface area (Å²) < 4.78 is 7.37. The van der Waals surface area contributed by atoms with Crippen LogP contribution in [0.15, 0.2) is 12.4 Å². The van der Waals surface area contributed by atoms with Gasteiger partial charge in [-0.1, -0.05) is 6.92 Å². The first kappa shape index (κ1) is 11.0. The molecule has 80 valence electrons. The van der Waals surface area contributed by atoms with E-state index in [1.54, 1.807) is 10.9 Å². The topological polar surface area (TPSA) is 39.1 Å². The van der Waals surface area contributed by atoms with E-state index in [0.717, 1.165) is 25.3 Å². The van der Waals surface area contributed by atoms with Crippen molar-refractivity contribution in [1.82, 2.24) is 15.1 Å². The molecule has 1 unspecified atom stereocenters. The van der Waals surface area contributed by atoms with Crippen molar-refractivity contribution in [1.29, 1.82) is 0 Å². The fraction of sp³-hybridized carbons (Fsp3) is 0.700. The minimum absolute atomic E-state index is 0.186. The van der Waals surface area contributed by atoms with Gasteiger partial charge >= 0.3 is 0 Å². The Morgan fingerprint density at radius 1 is 1.64 bits per heavy atom. The summed E-state index contributed by atoms with van der Waals surface area (Å²) in [4.78, 5) is 0. The summed E-state index contributed by atoms with van der Waals surface area (Å²) in [5.74, 6) is 0.832. The minimum Gasteiger partial charge on any atom is -0.486 e. The number of aromatic nitrogens is 2. The summed E-state index contributed by atoms with van der Waals surface area (Å²) in [6.07, 6.45) is 4.94. The summed E-state index contributed by atoms with van der Waals surface area (Å²) in [6, 6.07) is 0. The number of rotatable bonds is 6. The molecule has 0 radical (unpaired) electrons. The van der Waals surface area contributed by atoms with E-state index in [-0.39, 0.29) is 6.10 Å². The Kier molecular flexibility index (Phi) is 4.46. The molecule has 0 amide bonds. The Hall–Kier alpha value is -1.03. The molecule has 1 aromatic rings. The molecule has 0 bridgehead atoms. The lowest BCUT2D eigenvalue weighted by Gasteiger charge is -2.13. The number of ether oxygens (including phenoxy) is 1. The van der Waals surface area contributed by atoms with Gasteiger partial charge in [0.1, 0.15) is 6.10 Å². The Labute approximate surface area is 85.3 Å². The predicted octanol–water partition coefficient (Wildman–Crippen LogP) is 1.19. The summed E-state index contributed by atoms with van der Waals surface area (Å²) in [6.45, 7) is 6.12. The van der Waals surface area contributed by atoms with Crippen LogP contribution in [0.1, 0.15) is 20.3 Å². The highest BCUT2D eigenvalue weighted by Crippen LogP contribution is 2.08. The maximum Gasteiger partial charge on any atom is 0.157 e. The van der Waals surface area contributed by atoms with Crippen LogP contribution in [0.2, 0.25) is 0 Å². The summed E-state index contributed by atoms with van der Waals surface area (Å²) in [5.41, 5.74) is 0. The van der Waals surface area contributed by atoms with Crippen LogP contribution in [-0.2, 0) is 7.05 Å². The number of nitrogens with one attached hydrogen (secondary N) is 1. The minimum atomic E-state index is 0.186. The Balaban J connectivity index is 2.23. The van der Waals surface area contributed by atoms with Gasteiger partial charge in [-0.3, -0.25) is 4.68 Å². The van der Waals surface area contributed by atoms with Crippen molar-refractivity contribution in [2.75, 3.05) is 13.1 Å². The molecule has 14 heavy (non-hydrogen) atoms. The lowest BCUT2D eigenvalue weighted by Crippen LogP contribution is -2.29. The van der Waals surface area contributed by atoms with Gasteiger partial charge in [-0.2, -0.15) is 5.10 Å². The van der Waals surface area contributed by atoms with E-state index in [4.69, 9.17) is 4.74 Å². The van der Waals surface area contributed by atoms with Crippen molar-refractivity contribution in [3.05, 3.63) is 12.4 Å². The Morgan fingerprint density at radius 2 is 2.43 bits per heavy atom. The van der Waals surface area contributed by atoms with Crippen LogP contribution in [0.4, 0.5) is 0 Å². The first-order chi connectivity index (χ1) is 6.72. The van der Waals surface area contributed by atoms with Crippen molar-refractivity contribution < 1.29 is 4.74 Å². The van der Waals surface area contributed by atoms with Crippen LogP contribution >= 0.6 is 0 Å². The second kappa shape index (κ2) is 5.65. The van der Waals surface area contributed by atoms with E-state index >= 15 is 0 Å². The Morgan fingerprint density at radius 3 is 3.00 bits per heavy atom. The van der Waals surface area contributed by atoms with Gasteiger partial charge < -0.3 is 10.1 Å². The third kappa shape index (κ3) is 3.79. The first-order valence-electron chi connectivity index (χ1n) is 5.08. The largest absolute Gasteiger partial charge is 0.486 e. The van der Waals surface area contributed by atoms with Gasteiger partial charge in [0.15, 0.2) is 5.75 Å². The number of hydrogen-bond acceptors (Lipinski definition) is 3. The van der Waals surface area contributed by atoms with Gasteiger partial charge in [-0.25, -0.2) is 0 Å². The number of hydrogen-bond donors (Lipinski definition) is 1. The highest BCUT2D eigenvalue weighted by atomic mass is 16.5. The second-order valence-corrected chi connectivity index (χ2v) is 3.48. The molecule has 1 aromatic heterocycles. The SMILES string of the molecule is CCCNCC(C)Oc1cnn(C)c1. The summed E-state index contributed by atoms with van der Waals surface area (Å²) in [7, 11) is 1.88. The zero-order valence-corrected chi connectivity index (χ0v) is 9.16. The van der Waals surface area contributed by atoms with Gasteiger partial charge in [-0.15, -0.1) is 0 Å². The van der Waals surface area contributed by atoms with Crippen molar-refractivity contribution in [2.24, 2.45) is 7.05 Å². The van der Waals surface area contributed by atoms with Crippen LogP contribution in [0.25, 0.3) is 0 Å². The van der Waals surface area contributed by atoms with Gasteiger partial charge in [0.2, 0.25) is 0 Å². The van der Waals surface area contributed by atoms with E-state index in [2.05, 4.69) is 24.3 Å². The van der Waals surface area contributed by atoms with Crippen molar-refractivity contribution in [2.45, 2.75) is 26.4 Å². The Bertz CT molecular complexity index is 260. The van der Waals surface area contributed by atoms with E-state index in [0.29, 0.717) is 0 Å². The lowest BCUT2D eigenvalue weighted by molar-refractivity contribution is 0.217. The van der Waals surface area contributed by atoms with Crippen LogP contribution in [0, 0.1) is 0 Å². The number of nitrogens with zero attached hydrogens (tertiary/aromatic N) is 2. The third-order valence-electron chi connectivity index (χ3n) is 1.88. The van der Waals surface area contributed by atoms with E-state index in [1.165, 1.54) is 0 Å². The van der Waals surface area contributed by atoms with Crippen molar-refractivity contribution in [3.8, 4) is 5.75 Å². The maximum absolute atomic E-state index is 5.64. The molecule has 0 saturated carbocycles. The molecule has 0 aromatic carbocycles. The van der Waals surface area contributed by atoms with Crippen LogP contribution < -0.4 is 10.1 Å². The standard InChI is InChI=1S/C10H19N3O/c1-4-5-11-6-9(2)14-10-7-12-13(3)8-10/h7-9,11H,4-6H2,1-3H3. The zero-order chi connectivity index (χ0) is 10.4. The van der Waals surface area contributed by atoms with E-state index in [9.17, 15) is 0 Å². The smallest absolute Gasteiger partial charge is 0.157 e. The molecule has 1 heterocycles. The average Bonchev–Trinajstić information content (AvgIpc) is 2.52. The highest BCUT2D eigenvalue weighted by molar-refractivity contribution is 5.11. The fourth-order valence-corrected chi connectivity index (χ4v) is 1.22.